The Morgan fingerprint density at radius 2 is 2.18 bits per heavy atom. The molecule has 4 nitrogen and oxygen atoms in total. The standard InChI is InChI=1S/C16H18N2O2S2/c1-8-2-5-10-11(6-8)22-16-13(10)15(21-7-12(19)20)17-14(18-16)9-3-4-9/h8-9H,2-7H2,1H3,(H,19,20)/p-1/t8-/m1/s1. The van der Waals surface area contributed by atoms with E-state index >= 15 is 0 Å². The van der Waals surface area contributed by atoms with Gasteiger partial charge in [0.25, 0.3) is 0 Å². The predicted octanol–water partition coefficient (Wildman–Crippen LogP) is 2.54. The number of aliphatic carboxylic acids is 1. The van der Waals surface area contributed by atoms with Gasteiger partial charge >= 0.3 is 0 Å². The number of carbonyl (C=O) groups is 1. The summed E-state index contributed by atoms with van der Waals surface area (Å²) in [7, 11) is 0. The summed E-state index contributed by atoms with van der Waals surface area (Å²) in [6, 6.07) is 0. The summed E-state index contributed by atoms with van der Waals surface area (Å²) in [6.45, 7) is 2.29. The summed E-state index contributed by atoms with van der Waals surface area (Å²) < 4.78 is 0. The van der Waals surface area contributed by atoms with Gasteiger partial charge in [-0.15, -0.1) is 11.3 Å². The lowest BCUT2D eigenvalue weighted by Crippen LogP contribution is -2.24. The van der Waals surface area contributed by atoms with E-state index < -0.39 is 5.97 Å². The number of carbonyl (C=O) groups excluding carboxylic acids is 1. The SMILES string of the molecule is C[C@@H]1CCc2c(sc3nc(C4CC4)nc(SCC(=O)[O-])c23)C1. The molecule has 2 aromatic heterocycles. The highest BCUT2D eigenvalue weighted by Gasteiger charge is 2.30. The molecular formula is C16H17N2O2S2-. The van der Waals surface area contributed by atoms with Gasteiger partial charge in [0.2, 0.25) is 0 Å². The Morgan fingerprint density at radius 1 is 1.36 bits per heavy atom. The highest BCUT2D eigenvalue weighted by molar-refractivity contribution is 8.00. The molecule has 0 spiro atoms. The molecule has 0 unspecified atom stereocenters. The first-order chi connectivity index (χ1) is 10.6. The minimum absolute atomic E-state index is 0.0444. The quantitative estimate of drug-likeness (QED) is 0.635. The molecule has 1 fully saturated rings. The molecule has 0 bridgehead atoms. The Kier molecular flexibility index (Phi) is 3.61. The van der Waals surface area contributed by atoms with Gasteiger partial charge in [-0.3, -0.25) is 0 Å². The molecule has 0 amide bonds. The maximum atomic E-state index is 10.8. The number of carboxylic acid groups (broad SMARTS) is 1. The van der Waals surface area contributed by atoms with Crippen molar-refractivity contribution in [1.29, 1.82) is 0 Å². The van der Waals surface area contributed by atoms with Gasteiger partial charge in [-0.25, -0.2) is 9.97 Å². The van der Waals surface area contributed by atoms with Crippen LogP contribution in [0.1, 0.15) is 48.4 Å². The van der Waals surface area contributed by atoms with E-state index in [0.29, 0.717) is 5.92 Å². The van der Waals surface area contributed by atoms with Crippen molar-refractivity contribution in [1.82, 2.24) is 9.97 Å². The number of thioether (sulfide) groups is 1. The average Bonchev–Trinajstić information content (AvgIpc) is 3.25. The molecule has 0 aromatic carbocycles. The number of rotatable bonds is 4. The van der Waals surface area contributed by atoms with Crippen molar-refractivity contribution in [2.24, 2.45) is 5.92 Å². The van der Waals surface area contributed by atoms with E-state index in [1.807, 2.05) is 0 Å². The van der Waals surface area contributed by atoms with E-state index in [1.54, 1.807) is 11.3 Å². The molecule has 22 heavy (non-hydrogen) atoms. The second-order valence-corrected chi connectivity index (χ2v) is 8.40. The molecule has 0 radical (unpaired) electrons. The van der Waals surface area contributed by atoms with Crippen LogP contribution in [0.25, 0.3) is 10.2 Å². The fraction of sp³-hybridized carbons (Fsp3) is 0.562. The zero-order valence-corrected chi connectivity index (χ0v) is 14.1. The van der Waals surface area contributed by atoms with Crippen LogP contribution in [0.4, 0.5) is 0 Å². The van der Waals surface area contributed by atoms with Crippen LogP contribution in [-0.4, -0.2) is 21.7 Å². The predicted molar refractivity (Wildman–Crippen MR) is 86.3 cm³/mol. The van der Waals surface area contributed by atoms with Crippen LogP contribution in [0.5, 0.6) is 0 Å². The normalized spacial score (nSPS) is 21.0. The summed E-state index contributed by atoms with van der Waals surface area (Å²) in [4.78, 5) is 22.8. The smallest absolute Gasteiger partial charge is 0.134 e. The van der Waals surface area contributed by atoms with Crippen LogP contribution in [-0.2, 0) is 17.6 Å². The lowest BCUT2D eigenvalue weighted by molar-refractivity contribution is -0.301. The van der Waals surface area contributed by atoms with Gasteiger partial charge in [-0.2, -0.15) is 0 Å². The molecule has 2 aliphatic rings. The third kappa shape index (κ3) is 2.63. The first-order valence-electron chi connectivity index (χ1n) is 7.76. The lowest BCUT2D eigenvalue weighted by Gasteiger charge is -2.18. The Balaban J connectivity index is 1.83. The van der Waals surface area contributed by atoms with Crippen LogP contribution in [0.15, 0.2) is 5.03 Å². The van der Waals surface area contributed by atoms with Crippen molar-refractivity contribution in [3.05, 3.63) is 16.3 Å². The van der Waals surface area contributed by atoms with Crippen molar-refractivity contribution in [3.8, 4) is 0 Å². The zero-order valence-electron chi connectivity index (χ0n) is 12.4. The fourth-order valence-corrected chi connectivity index (χ4v) is 5.31. The van der Waals surface area contributed by atoms with Gasteiger partial charge in [-0.05, 0) is 43.6 Å². The van der Waals surface area contributed by atoms with E-state index in [-0.39, 0.29) is 5.75 Å². The van der Waals surface area contributed by atoms with E-state index in [2.05, 4.69) is 6.92 Å². The Hall–Kier alpha value is -1.14. The second kappa shape index (κ2) is 5.49. The van der Waals surface area contributed by atoms with Gasteiger partial charge in [0.05, 0.1) is 5.97 Å². The first kappa shape index (κ1) is 14.5. The Bertz CT molecular complexity index is 752. The maximum absolute atomic E-state index is 10.8. The number of thiophene rings is 1. The summed E-state index contributed by atoms with van der Waals surface area (Å²) in [5, 5.41) is 12.8. The van der Waals surface area contributed by atoms with Crippen molar-refractivity contribution in [2.45, 2.75) is 50.0 Å². The average molecular weight is 333 g/mol. The minimum atomic E-state index is -1.04. The highest BCUT2D eigenvalue weighted by atomic mass is 32.2. The molecule has 1 saturated carbocycles. The minimum Gasteiger partial charge on any atom is -0.549 e. The third-order valence-corrected chi connectivity index (χ3v) is 6.51. The van der Waals surface area contributed by atoms with Crippen molar-refractivity contribution in [3.63, 3.8) is 0 Å². The molecule has 1 atom stereocenters. The van der Waals surface area contributed by atoms with Gasteiger partial charge in [0.1, 0.15) is 15.7 Å². The van der Waals surface area contributed by atoms with Crippen molar-refractivity contribution >= 4 is 39.3 Å². The number of hydrogen-bond donors (Lipinski definition) is 0. The fourth-order valence-electron chi connectivity index (χ4n) is 3.08. The van der Waals surface area contributed by atoms with Crippen molar-refractivity contribution < 1.29 is 9.90 Å². The van der Waals surface area contributed by atoms with Crippen LogP contribution in [0.2, 0.25) is 0 Å². The van der Waals surface area contributed by atoms with Crippen LogP contribution in [0.3, 0.4) is 0 Å². The molecule has 0 saturated heterocycles. The van der Waals surface area contributed by atoms with Gasteiger partial charge in [0, 0.05) is 21.9 Å². The van der Waals surface area contributed by atoms with Crippen LogP contribution < -0.4 is 5.11 Å². The molecule has 0 aliphatic heterocycles. The number of aryl methyl sites for hydroxylation is 1. The van der Waals surface area contributed by atoms with E-state index in [9.17, 15) is 9.90 Å². The van der Waals surface area contributed by atoms with Crippen LogP contribution in [0, 0.1) is 5.92 Å². The van der Waals surface area contributed by atoms with Gasteiger partial charge < -0.3 is 9.90 Å². The molecular weight excluding hydrogens is 316 g/mol. The van der Waals surface area contributed by atoms with E-state index in [4.69, 9.17) is 9.97 Å². The molecule has 6 heteroatoms. The molecule has 116 valence electrons. The third-order valence-electron chi connectivity index (χ3n) is 4.41. The molecule has 0 N–H and O–H groups in total. The zero-order chi connectivity index (χ0) is 15.3. The topological polar surface area (TPSA) is 65.9 Å². The monoisotopic (exact) mass is 333 g/mol. The summed E-state index contributed by atoms with van der Waals surface area (Å²) in [5.74, 6) is 1.01. The van der Waals surface area contributed by atoms with E-state index in [1.165, 1.54) is 28.6 Å². The molecule has 2 aromatic rings. The molecule has 4 rings (SSSR count). The largest absolute Gasteiger partial charge is 0.549 e. The second-order valence-electron chi connectivity index (χ2n) is 6.35. The summed E-state index contributed by atoms with van der Waals surface area (Å²) in [6.07, 6.45) is 5.66. The number of aromatic nitrogens is 2. The number of fused-ring (bicyclic) bond motifs is 3. The highest BCUT2D eigenvalue weighted by Crippen LogP contribution is 2.44. The first-order valence-corrected chi connectivity index (χ1v) is 9.57. The lowest BCUT2D eigenvalue weighted by atomic mass is 9.89. The summed E-state index contributed by atoms with van der Waals surface area (Å²) in [5.41, 5.74) is 1.36. The van der Waals surface area contributed by atoms with Gasteiger partial charge in [0.15, 0.2) is 0 Å². The van der Waals surface area contributed by atoms with Crippen molar-refractivity contribution in [2.75, 3.05) is 5.75 Å². The molecule has 2 heterocycles. The van der Waals surface area contributed by atoms with E-state index in [0.717, 1.165) is 52.7 Å². The molecule has 2 aliphatic carbocycles. The number of hydrogen-bond acceptors (Lipinski definition) is 6. The van der Waals surface area contributed by atoms with Gasteiger partial charge in [-0.1, -0.05) is 18.7 Å². The Morgan fingerprint density at radius 3 is 2.91 bits per heavy atom. The maximum Gasteiger partial charge on any atom is 0.134 e. The summed E-state index contributed by atoms with van der Waals surface area (Å²) >= 11 is 3.07. The number of nitrogens with zero attached hydrogens (tertiary/aromatic N) is 2. The van der Waals surface area contributed by atoms with Crippen LogP contribution >= 0.6 is 23.1 Å². The number of carboxylic acids is 1. The Labute approximate surface area is 137 Å².